The van der Waals surface area contributed by atoms with Gasteiger partial charge in [-0.25, -0.2) is 9.55 Å². The van der Waals surface area contributed by atoms with Gasteiger partial charge in [0.15, 0.2) is 0 Å². The highest BCUT2D eigenvalue weighted by molar-refractivity contribution is 8.00. The van der Waals surface area contributed by atoms with Crippen molar-refractivity contribution < 1.29 is 23.7 Å². The van der Waals surface area contributed by atoms with Gasteiger partial charge >= 0.3 is 7.82 Å². The van der Waals surface area contributed by atoms with Crippen LogP contribution in [0.2, 0.25) is 0 Å². The topological polar surface area (TPSA) is 170 Å². The van der Waals surface area contributed by atoms with Gasteiger partial charge in [-0.3, -0.25) is 14.6 Å². The van der Waals surface area contributed by atoms with E-state index in [-0.39, 0.29) is 28.1 Å². The molecule has 4 N–H and O–H groups in total. The van der Waals surface area contributed by atoms with E-state index in [4.69, 9.17) is 15.5 Å². The van der Waals surface area contributed by atoms with E-state index in [0.717, 1.165) is 11.8 Å². The van der Waals surface area contributed by atoms with Crippen LogP contribution in [0.5, 0.6) is 5.88 Å². The zero-order valence-corrected chi connectivity index (χ0v) is 16.3. The number of nitrogens with two attached hydrogens (primary N) is 1. The van der Waals surface area contributed by atoms with Crippen molar-refractivity contribution in [2.75, 3.05) is 0 Å². The SMILES string of the molecule is CCc1c(C#N)c(OP(=O)(O)O)nc(SC(C(N)=O)c2ccccc2)c1C#N. The summed E-state index contributed by atoms with van der Waals surface area (Å²) >= 11 is 0.839. The molecule has 28 heavy (non-hydrogen) atoms. The molecule has 0 fully saturated rings. The van der Waals surface area contributed by atoms with Gasteiger partial charge in [-0.2, -0.15) is 10.5 Å². The van der Waals surface area contributed by atoms with Gasteiger partial charge in [0.1, 0.15) is 28.0 Å². The van der Waals surface area contributed by atoms with Gasteiger partial charge in [0.2, 0.25) is 11.8 Å². The van der Waals surface area contributed by atoms with Crippen LogP contribution in [0, 0.1) is 22.7 Å². The van der Waals surface area contributed by atoms with Crippen molar-refractivity contribution >= 4 is 25.5 Å². The zero-order chi connectivity index (χ0) is 20.9. The number of amides is 1. The average molecular weight is 418 g/mol. The minimum atomic E-state index is -5.01. The molecule has 0 saturated heterocycles. The first-order chi connectivity index (χ1) is 13.2. The number of pyridine rings is 1. The fourth-order valence-corrected chi connectivity index (χ4v) is 3.88. The third kappa shape index (κ3) is 4.89. The monoisotopic (exact) mass is 418 g/mol. The largest absolute Gasteiger partial charge is 0.526 e. The molecule has 0 aliphatic heterocycles. The Kier molecular flexibility index (Phi) is 6.79. The zero-order valence-electron chi connectivity index (χ0n) is 14.6. The molecule has 11 heteroatoms. The van der Waals surface area contributed by atoms with Crippen LogP contribution in [0.4, 0.5) is 0 Å². The standard InChI is InChI=1S/C17H15N4O5PS/c1-2-11-12(8-18)16(26-27(23,24)25)21-17(13(11)9-19)28-14(15(20)22)10-6-4-3-5-7-10/h3-7,14H,2H2,1H3,(H2,20,22)(H2,23,24,25). The van der Waals surface area contributed by atoms with Crippen LogP contribution in [-0.2, 0) is 15.8 Å². The number of carbonyl (C=O) groups excluding carboxylic acids is 1. The van der Waals surface area contributed by atoms with Gasteiger partial charge in [0.25, 0.3) is 0 Å². The lowest BCUT2D eigenvalue weighted by molar-refractivity contribution is -0.117. The molecule has 0 aliphatic carbocycles. The molecule has 0 radical (unpaired) electrons. The number of carbonyl (C=O) groups is 1. The van der Waals surface area contributed by atoms with E-state index in [1.54, 1.807) is 43.3 Å². The van der Waals surface area contributed by atoms with Gasteiger partial charge in [-0.1, -0.05) is 49.0 Å². The Labute approximate surface area is 165 Å². The number of nitriles is 2. The van der Waals surface area contributed by atoms with Gasteiger partial charge in [-0.15, -0.1) is 0 Å². The summed E-state index contributed by atoms with van der Waals surface area (Å²) in [5, 5.41) is 18.0. The molecule has 1 atom stereocenters. The van der Waals surface area contributed by atoms with Crippen LogP contribution in [0.25, 0.3) is 0 Å². The quantitative estimate of drug-likeness (QED) is 0.450. The highest BCUT2D eigenvalue weighted by atomic mass is 32.2. The van der Waals surface area contributed by atoms with E-state index < -0.39 is 24.9 Å². The maximum atomic E-state index is 12.0. The molecule has 1 amide bonds. The first kappa shape index (κ1) is 21.4. The Balaban J connectivity index is 2.67. The van der Waals surface area contributed by atoms with Crippen molar-refractivity contribution in [1.82, 2.24) is 4.98 Å². The molecule has 2 aromatic rings. The highest BCUT2D eigenvalue weighted by Gasteiger charge is 2.28. The number of phosphoric ester groups is 1. The predicted molar refractivity (Wildman–Crippen MR) is 100.0 cm³/mol. The first-order valence-corrected chi connectivity index (χ1v) is 10.3. The summed E-state index contributed by atoms with van der Waals surface area (Å²) in [7, 11) is -5.01. The van der Waals surface area contributed by atoms with Crippen molar-refractivity contribution in [1.29, 1.82) is 10.5 Å². The third-order valence-electron chi connectivity index (χ3n) is 3.61. The maximum Gasteiger partial charge on any atom is 0.526 e. The molecule has 1 heterocycles. The number of nitrogens with zero attached hydrogens (tertiary/aromatic N) is 3. The highest BCUT2D eigenvalue weighted by Crippen LogP contribution is 2.43. The van der Waals surface area contributed by atoms with Crippen LogP contribution in [0.3, 0.4) is 0 Å². The minimum Gasteiger partial charge on any atom is -0.384 e. The summed E-state index contributed by atoms with van der Waals surface area (Å²) < 4.78 is 15.8. The Morgan fingerprint density at radius 1 is 1.29 bits per heavy atom. The summed E-state index contributed by atoms with van der Waals surface area (Å²) in [6, 6.07) is 12.2. The van der Waals surface area contributed by atoms with Crippen molar-refractivity contribution in [2.24, 2.45) is 5.73 Å². The molecule has 1 aromatic carbocycles. The summed E-state index contributed by atoms with van der Waals surface area (Å²) in [6.07, 6.45) is 0.200. The molecule has 1 aromatic heterocycles. The number of rotatable bonds is 7. The van der Waals surface area contributed by atoms with E-state index in [1.165, 1.54) is 0 Å². The summed E-state index contributed by atoms with van der Waals surface area (Å²) in [5.74, 6) is -1.30. The van der Waals surface area contributed by atoms with Crippen LogP contribution in [-0.4, -0.2) is 20.7 Å². The smallest absolute Gasteiger partial charge is 0.384 e. The van der Waals surface area contributed by atoms with Crippen LogP contribution >= 0.6 is 19.6 Å². The molecular formula is C17H15N4O5PS. The van der Waals surface area contributed by atoms with E-state index >= 15 is 0 Å². The number of primary amides is 1. The van der Waals surface area contributed by atoms with Gasteiger partial charge in [-0.05, 0) is 17.5 Å². The summed E-state index contributed by atoms with van der Waals surface area (Å²) in [5.41, 5.74) is 6.04. The average Bonchev–Trinajstić information content (AvgIpc) is 2.64. The Morgan fingerprint density at radius 3 is 2.36 bits per heavy atom. The van der Waals surface area contributed by atoms with E-state index in [1.807, 2.05) is 6.07 Å². The number of hydrogen-bond acceptors (Lipinski definition) is 7. The first-order valence-electron chi connectivity index (χ1n) is 7.85. The van der Waals surface area contributed by atoms with Crippen molar-refractivity contribution in [3.05, 3.63) is 52.6 Å². The molecule has 0 bridgehead atoms. The number of thioether (sulfide) groups is 1. The lowest BCUT2D eigenvalue weighted by Crippen LogP contribution is -2.19. The lowest BCUT2D eigenvalue weighted by atomic mass is 10.0. The molecule has 2 rings (SSSR count). The Morgan fingerprint density at radius 2 is 1.89 bits per heavy atom. The summed E-state index contributed by atoms with van der Waals surface area (Å²) in [6.45, 7) is 1.66. The van der Waals surface area contributed by atoms with Crippen LogP contribution in [0.1, 0.15) is 34.4 Å². The number of phosphoric acid groups is 1. The second kappa shape index (κ2) is 8.87. The normalized spacial score (nSPS) is 11.9. The number of benzene rings is 1. The van der Waals surface area contributed by atoms with Crippen molar-refractivity contribution in [2.45, 2.75) is 23.6 Å². The fourth-order valence-electron chi connectivity index (χ4n) is 2.47. The lowest BCUT2D eigenvalue weighted by Gasteiger charge is -2.17. The Hall–Kier alpha value is -2.88. The number of aromatic nitrogens is 1. The van der Waals surface area contributed by atoms with Crippen LogP contribution < -0.4 is 10.3 Å². The van der Waals surface area contributed by atoms with Crippen molar-refractivity contribution in [3.8, 4) is 18.0 Å². The van der Waals surface area contributed by atoms with E-state index in [0.29, 0.717) is 5.56 Å². The second-order valence-electron chi connectivity index (χ2n) is 5.42. The molecule has 0 aliphatic rings. The van der Waals surface area contributed by atoms with Gasteiger partial charge in [0.05, 0.1) is 5.56 Å². The Bertz CT molecular complexity index is 1030. The summed E-state index contributed by atoms with van der Waals surface area (Å²) in [4.78, 5) is 34.2. The third-order valence-corrected chi connectivity index (χ3v) is 5.28. The molecule has 144 valence electrons. The van der Waals surface area contributed by atoms with Crippen LogP contribution in [0.15, 0.2) is 35.4 Å². The predicted octanol–water partition coefficient (Wildman–Crippen LogP) is 2.18. The maximum absolute atomic E-state index is 12.0. The molecular weight excluding hydrogens is 403 g/mol. The molecule has 0 spiro atoms. The fraction of sp³-hybridized carbons (Fsp3) is 0.176. The van der Waals surface area contributed by atoms with Gasteiger partial charge in [0, 0.05) is 0 Å². The minimum absolute atomic E-state index is 0.0179. The molecule has 9 nitrogen and oxygen atoms in total. The van der Waals surface area contributed by atoms with E-state index in [2.05, 4.69) is 9.51 Å². The second-order valence-corrected chi connectivity index (χ2v) is 7.68. The number of hydrogen-bond donors (Lipinski definition) is 3. The van der Waals surface area contributed by atoms with Crippen molar-refractivity contribution in [3.63, 3.8) is 0 Å². The van der Waals surface area contributed by atoms with Gasteiger partial charge < -0.3 is 10.3 Å². The van der Waals surface area contributed by atoms with E-state index in [9.17, 15) is 19.9 Å². The molecule has 0 saturated carbocycles. The molecule has 1 unspecified atom stereocenters.